The van der Waals surface area contributed by atoms with E-state index in [1.54, 1.807) is 0 Å². The zero-order valence-corrected chi connectivity index (χ0v) is 19.7. The van der Waals surface area contributed by atoms with Gasteiger partial charge in [0.15, 0.2) is 0 Å². The number of rotatable bonds is 19. The van der Waals surface area contributed by atoms with Crippen LogP contribution in [-0.4, -0.2) is 70.3 Å². The first-order valence-electron chi connectivity index (χ1n) is 10.1. The van der Waals surface area contributed by atoms with E-state index in [4.69, 9.17) is 26.6 Å². The molecule has 9 heteroatoms. The summed E-state index contributed by atoms with van der Waals surface area (Å²) in [6, 6.07) is 1.59. The Balaban J connectivity index is 4.35. The van der Waals surface area contributed by atoms with Gasteiger partial charge in [-0.15, -0.1) is 0 Å². The average molecular weight is 412 g/mol. The topological polar surface area (TPSA) is 67.4 Å². The summed E-state index contributed by atoms with van der Waals surface area (Å²) >= 11 is 0. The van der Waals surface area contributed by atoms with Crippen molar-refractivity contribution in [1.29, 1.82) is 0 Å². The summed E-state index contributed by atoms with van der Waals surface area (Å²) in [5, 5.41) is 3.47. The van der Waals surface area contributed by atoms with Crippen LogP contribution in [0.1, 0.15) is 48.0 Å². The molecule has 0 rings (SSSR count). The van der Waals surface area contributed by atoms with E-state index in [0.717, 1.165) is 31.6 Å². The van der Waals surface area contributed by atoms with E-state index < -0.39 is 17.6 Å². The van der Waals surface area contributed by atoms with Gasteiger partial charge < -0.3 is 31.9 Å². The second kappa shape index (κ2) is 16.1. The van der Waals surface area contributed by atoms with Crippen LogP contribution < -0.4 is 5.32 Å². The van der Waals surface area contributed by atoms with Crippen LogP contribution in [-0.2, 0) is 26.6 Å². The van der Waals surface area contributed by atoms with Gasteiger partial charge in [-0.25, -0.2) is 0 Å². The number of hydrogen-bond donors (Lipinski definition) is 1. The molecule has 0 radical (unpaired) electrons. The Morgan fingerprint density at radius 1 is 0.500 bits per heavy atom. The molecule has 0 aromatic rings. The molecule has 0 aromatic heterocycles. The largest absolute Gasteiger partial charge is 0.502 e. The van der Waals surface area contributed by atoms with Crippen LogP contribution >= 0.6 is 0 Å². The molecule has 7 nitrogen and oxygen atoms in total. The number of hydrogen-bond acceptors (Lipinski definition) is 7. The van der Waals surface area contributed by atoms with Crippen LogP contribution in [0.4, 0.5) is 0 Å². The molecular weight excluding hydrogens is 370 g/mol. The van der Waals surface area contributed by atoms with Crippen LogP contribution in [0.15, 0.2) is 0 Å². The summed E-state index contributed by atoms with van der Waals surface area (Å²) < 4.78 is 35.2. The van der Waals surface area contributed by atoms with Gasteiger partial charge in [0.25, 0.3) is 0 Å². The third-order valence-corrected chi connectivity index (χ3v) is 9.83. The van der Waals surface area contributed by atoms with Crippen LogP contribution in [0.3, 0.4) is 0 Å². The van der Waals surface area contributed by atoms with E-state index in [9.17, 15) is 0 Å². The van der Waals surface area contributed by atoms with Crippen LogP contribution in [0.2, 0.25) is 12.1 Å². The third-order valence-electron chi connectivity index (χ3n) is 3.63. The van der Waals surface area contributed by atoms with Gasteiger partial charge in [0.2, 0.25) is 0 Å². The lowest BCUT2D eigenvalue weighted by atomic mass is 10.5. The minimum absolute atomic E-state index is 0.609. The Labute approximate surface area is 162 Å². The molecular formula is C17H41NO6Si2. The smallest absolute Gasteiger partial charge is 0.374 e. The SMILES string of the molecule is CCO[Si](CCCNCC[Si](OCC)(OCC)OCC)(OCC)OCC. The molecule has 0 unspecified atom stereocenters. The monoisotopic (exact) mass is 411 g/mol. The summed E-state index contributed by atoms with van der Waals surface area (Å²) in [7, 11) is -5.09. The lowest BCUT2D eigenvalue weighted by molar-refractivity contribution is 0.0693. The van der Waals surface area contributed by atoms with Crippen molar-refractivity contribution in [3.8, 4) is 0 Å². The molecule has 0 bridgehead atoms. The normalized spacial score (nSPS) is 12.7. The fourth-order valence-electron chi connectivity index (χ4n) is 2.80. The molecule has 0 fully saturated rings. The summed E-state index contributed by atoms with van der Waals surface area (Å²) in [5.41, 5.74) is 0. The fraction of sp³-hybridized carbons (Fsp3) is 1.00. The maximum atomic E-state index is 5.88. The molecule has 0 aromatic carbocycles. The molecule has 0 saturated heterocycles. The molecule has 158 valence electrons. The summed E-state index contributed by atoms with van der Waals surface area (Å²) in [4.78, 5) is 0. The molecule has 1 N–H and O–H groups in total. The highest BCUT2D eigenvalue weighted by atomic mass is 28.4. The second-order valence-corrected chi connectivity index (χ2v) is 11.0. The van der Waals surface area contributed by atoms with Gasteiger partial charge in [0, 0.05) is 51.7 Å². The lowest BCUT2D eigenvalue weighted by Gasteiger charge is -2.29. The van der Waals surface area contributed by atoms with Crippen molar-refractivity contribution < 1.29 is 26.6 Å². The maximum Gasteiger partial charge on any atom is 0.502 e. The van der Waals surface area contributed by atoms with Crippen molar-refractivity contribution in [3.63, 3.8) is 0 Å². The Bertz CT molecular complexity index is 262. The molecule has 0 aliphatic carbocycles. The van der Waals surface area contributed by atoms with E-state index in [-0.39, 0.29) is 0 Å². The first kappa shape index (κ1) is 26.2. The average Bonchev–Trinajstić information content (AvgIpc) is 2.59. The Hall–Kier alpha value is 0.154. The van der Waals surface area contributed by atoms with Crippen molar-refractivity contribution >= 4 is 17.6 Å². The van der Waals surface area contributed by atoms with Crippen molar-refractivity contribution in [2.24, 2.45) is 0 Å². The summed E-state index contributed by atoms with van der Waals surface area (Å²) in [6.07, 6.45) is 0.943. The van der Waals surface area contributed by atoms with Crippen molar-refractivity contribution in [2.75, 3.05) is 52.7 Å². The van der Waals surface area contributed by atoms with Crippen LogP contribution in [0.25, 0.3) is 0 Å². The van der Waals surface area contributed by atoms with Crippen molar-refractivity contribution in [1.82, 2.24) is 5.32 Å². The molecule has 0 atom stereocenters. The van der Waals surface area contributed by atoms with E-state index in [2.05, 4.69) is 5.32 Å². The molecule has 0 aliphatic rings. The third kappa shape index (κ3) is 10.5. The molecule has 0 heterocycles. The van der Waals surface area contributed by atoms with Gasteiger partial charge in [0.05, 0.1) is 0 Å². The highest BCUT2D eigenvalue weighted by molar-refractivity contribution is 6.61. The van der Waals surface area contributed by atoms with E-state index >= 15 is 0 Å². The Kier molecular flexibility index (Phi) is 16.2. The van der Waals surface area contributed by atoms with Crippen LogP contribution in [0, 0.1) is 0 Å². The van der Waals surface area contributed by atoms with Gasteiger partial charge in [-0.3, -0.25) is 0 Å². The Morgan fingerprint density at radius 3 is 1.19 bits per heavy atom. The molecule has 0 spiro atoms. The van der Waals surface area contributed by atoms with Crippen molar-refractivity contribution in [2.45, 2.75) is 60.1 Å². The standard InChI is InChI=1S/C17H41NO6Si2/c1-7-19-25(20-8-2,21-9-3)16-13-14-18-15-17-26(22-10-4,23-11-5)24-12-6/h18H,7-17H2,1-6H3. The maximum absolute atomic E-state index is 5.88. The van der Waals surface area contributed by atoms with Gasteiger partial charge >= 0.3 is 17.6 Å². The van der Waals surface area contributed by atoms with Crippen LogP contribution in [0.5, 0.6) is 0 Å². The lowest BCUT2D eigenvalue weighted by Crippen LogP contribution is -2.48. The van der Waals surface area contributed by atoms with Gasteiger partial charge in [-0.2, -0.15) is 0 Å². The summed E-state index contributed by atoms with van der Waals surface area (Å²) in [6.45, 7) is 17.2. The first-order chi connectivity index (χ1) is 12.6. The molecule has 0 aliphatic heterocycles. The summed E-state index contributed by atoms with van der Waals surface area (Å²) in [5.74, 6) is 0. The predicted molar refractivity (Wildman–Crippen MR) is 108 cm³/mol. The highest BCUT2D eigenvalue weighted by Gasteiger charge is 2.40. The number of nitrogens with one attached hydrogen (secondary N) is 1. The zero-order valence-electron chi connectivity index (χ0n) is 17.7. The predicted octanol–water partition coefficient (Wildman–Crippen LogP) is 3.06. The molecule has 0 amide bonds. The second-order valence-electron chi connectivity index (χ2n) is 5.57. The first-order valence-corrected chi connectivity index (χ1v) is 14.0. The molecule has 0 saturated carbocycles. The zero-order chi connectivity index (χ0) is 19.7. The van der Waals surface area contributed by atoms with Gasteiger partial charge in [0.1, 0.15) is 0 Å². The highest BCUT2D eigenvalue weighted by Crippen LogP contribution is 2.18. The van der Waals surface area contributed by atoms with E-state index in [1.807, 2.05) is 41.5 Å². The van der Waals surface area contributed by atoms with E-state index in [1.165, 1.54) is 0 Å². The van der Waals surface area contributed by atoms with Gasteiger partial charge in [-0.05, 0) is 61.1 Å². The minimum atomic E-state index is -2.56. The van der Waals surface area contributed by atoms with Gasteiger partial charge in [-0.1, -0.05) is 0 Å². The van der Waals surface area contributed by atoms with E-state index in [0.29, 0.717) is 39.6 Å². The quantitative estimate of drug-likeness (QED) is 0.259. The molecule has 26 heavy (non-hydrogen) atoms. The minimum Gasteiger partial charge on any atom is -0.374 e. The fourth-order valence-corrected chi connectivity index (χ4v) is 7.90. The van der Waals surface area contributed by atoms with Crippen molar-refractivity contribution in [3.05, 3.63) is 0 Å². The Morgan fingerprint density at radius 2 is 0.846 bits per heavy atom.